The fourth-order valence-electron chi connectivity index (χ4n) is 8.29. The molecule has 4 atom stereocenters. The van der Waals surface area contributed by atoms with Crippen LogP contribution in [0.15, 0.2) is 54.6 Å². The number of carbonyl (C=O) groups excluding carboxylic acids is 2. The third-order valence-electron chi connectivity index (χ3n) is 10.3. The van der Waals surface area contributed by atoms with E-state index < -0.39 is 17.3 Å². The topological polar surface area (TPSA) is 76.5 Å². The number of amides is 1. The number of nitrogens with one attached hydrogen (secondary N) is 1. The van der Waals surface area contributed by atoms with Gasteiger partial charge in [-0.1, -0.05) is 48.8 Å². The standard InChI is InChI=1S/C35H33Cl2FN4O3.CH4/c1-45-15-3-6-29(43)20-9-12-27-26(16-20)39-33-30-28(13-14-41(27)33)42(18-19-7-8-19)35(31(30)22-4-2-5-24(37)32(22)38)23-11-10-21(36)17-25(23)40-34(35)44;/h2,4-5,9-12,16-17,19,28,30-31H,3,6-8,13-15,18H2,1H3,(H,40,44);1H4/t28-,30+,31-,35+;/m0./s1. The number of ketones is 1. The van der Waals surface area contributed by atoms with Gasteiger partial charge in [0, 0.05) is 72.9 Å². The Morgan fingerprint density at radius 2 is 1.96 bits per heavy atom. The van der Waals surface area contributed by atoms with Crippen LogP contribution in [-0.4, -0.2) is 52.4 Å². The number of aryl methyl sites for hydroxylation is 1. The van der Waals surface area contributed by atoms with Crippen LogP contribution in [0.25, 0.3) is 11.0 Å². The van der Waals surface area contributed by atoms with Crippen molar-refractivity contribution in [3.63, 3.8) is 0 Å². The highest BCUT2D eigenvalue weighted by Gasteiger charge is 2.69. The summed E-state index contributed by atoms with van der Waals surface area (Å²) in [5, 5.41) is 3.68. The molecule has 4 aliphatic rings. The molecular weight excluding hydrogens is 626 g/mol. The number of ether oxygens (including phenoxy) is 1. The Labute approximate surface area is 278 Å². The third kappa shape index (κ3) is 4.63. The molecule has 1 aromatic heterocycles. The number of aromatic nitrogens is 2. The zero-order chi connectivity index (χ0) is 31.0. The lowest BCUT2D eigenvalue weighted by atomic mass is 9.70. The Morgan fingerprint density at radius 1 is 1.13 bits per heavy atom. The zero-order valence-corrected chi connectivity index (χ0v) is 26.4. The van der Waals surface area contributed by atoms with E-state index in [1.165, 1.54) is 0 Å². The van der Waals surface area contributed by atoms with Gasteiger partial charge in [0.1, 0.15) is 17.2 Å². The SMILES string of the molecule is C.COCCCC(=O)c1ccc2c(c1)nc1n2CC[C@H]2[C@@H]1[C@H](c1cccc(Cl)c1F)[C@]1(C(=O)Nc3cc(Cl)ccc31)N2CC1CC1. The second-order valence-corrected chi connectivity index (χ2v) is 13.7. The predicted octanol–water partition coefficient (Wildman–Crippen LogP) is 7.94. The Kier molecular flexibility index (Phi) is 7.99. The number of halogens is 3. The lowest BCUT2D eigenvalue weighted by Crippen LogP contribution is -2.53. The highest BCUT2D eigenvalue weighted by atomic mass is 35.5. The van der Waals surface area contributed by atoms with Gasteiger partial charge in [-0.3, -0.25) is 14.5 Å². The fraction of sp³-hybridized carbons (Fsp3) is 0.417. The van der Waals surface area contributed by atoms with Crippen molar-refractivity contribution in [2.75, 3.05) is 25.6 Å². The monoisotopic (exact) mass is 662 g/mol. The van der Waals surface area contributed by atoms with Gasteiger partial charge in [-0.2, -0.15) is 0 Å². The van der Waals surface area contributed by atoms with Gasteiger partial charge in [0.25, 0.3) is 0 Å². The van der Waals surface area contributed by atoms with Gasteiger partial charge in [-0.05, 0) is 73.6 Å². The van der Waals surface area contributed by atoms with Crippen molar-refractivity contribution in [1.82, 2.24) is 14.5 Å². The molecule has 1 N–H and O–H groups in total. The molecule has 4 heterocycles. The van der Waals surface area contributed by atoms with Gasteiger partial charge in [0.15, 0.2) is 5.78 Å². The van der Waals surface area contributed by atoms with Crippen molar-refractivity contribution in [2.24, 2.45) is 5.92 Å². The fourth-order valence-corrected chi connectivity index (χ4v) is 8.64. The van der Waals surface area contributed by atoms with Gasteiger partial charge >= 0.3 is 0 Å². The van der Waals surface area contributed by atoms with Gasteiger partial charge < -0.3 is 14.6 Å². The maximum absolute atomic E-state index is 16.3. The van der Waals surface area contributed by atoms with E-state index >= 15 is 4.39 Å². The number of hydrogen-bond acceptors (Lipinski definition) is 5. The Bertz CT molecular complexity index is 1870. The van der Waals surface area contributed by atoms with E-state index in [0.717, 1.165) is 48.2 Å². The molecule has 0 radical (unpaired) electrons. The van der Waals surface area contributed by atoms with Crippen LogP contribution in [0.1, 0.15) is 78.7 Å². The summed E-state index contributed by atoms with van der Waals surface area (Å²) >= 11 is 12.9. The first-order valence-electron chi connectivity index (χ1n) is 15.7. The summed E-state index contributed by atoms with van der Waals surface area (Å²) < 4.78 is 23.6. The number of nitrogens with zero attached hydrogens (tertiary/aromatic N) is 3. The molecule has 3 aliphatic heterocycles. The molecule has 46 heavy (non-hydrogen) atoms. The first-order chi connectivity index (χ1) is 21.8. The number of imidazole rings is 1. The minimum atomic E-state index is -1.18. The molecule has 4 aromatic rings. The van der Waals surface area contributed by atoms with Crippen molar-refractivity contribution in [2.45, 2.75) is 69.5 Å². The van der Waals surface area contributed by atoms with Crippen molar-refractivity contribution >= 4 is 51.6 Å². The quantitative estimate of drug-likeness (QED) is 0.153. The van der Waals surface area contributed by atoms with E-state index in [2.05, 4.69) is 14.8 Å². The van der Waals surface area contributed by atoms with Crippen LogP contribution >= 0.6 is 23.2 Å². The van der Waals surface area contributed by atoms with Gasteiger partial charge in [0.05, 0.1) is 16.1 Å². The molecule has 3 aromatic carbocycles. The molecule has 8 rings (SSSR count). The van der Waals surface area contributed by atoms with Crippen molar-refractivity contribution < 1.29 is 18.7 Å². The number of rotatable bonds is 8. The van der Waals surface area contributed by atoms with E-state index in [4.69, 9.17) is 32.9 Å². The normalized spacial score (nSPS) is 24.9. The minimum Gasteiger partial charge on any atom is -0.385 e. The molecule has 1 saturated carbocycles. The molecular formula is C36H37Cl2FN4O3. The van der Waals surface area contributed by atoms with Crippen LogP contribution in [0.3, 0.4) is 0 Å². The van der Waals surface area contributed by atoms with E-state index in [0.29, 0.717) is 53.7 Å². The van der Waals surface area contributed by atoms with Crippen LogP contribution in [0.4, 0.5) is 10.1 Å². The first-order valence-corrected chi connectivity index (χ1v) is 16.4. The summed E-state index contributed by atoms with van der Waals surface area (Å²) in [6, 6.07) is 16.2. The molecule has 1 saturated heterocycles. The molecule has 1 aliphatic carbocycles. The molecule has 7 nitrogen and oxygen atoms in total. The number of carbonyl (C=O) groups is 2. The summed E-state index contributed by atoms with van der Waals surface area (Å²) in [7, 11) is 1.63. The van der Waals surface area contributed by atoms with Crippen LogP contribution in [-0.2, 0) is 21.6 Å². The molecule has 2 fully saturated rings. The number of likely N-dealkylation sites (tertiary alicyclic amines) is 1. The van der Waals surface area contributed by atoms with Crippen LogP contribution in [0.2, 0.25) is 10.0 Å². The van der Waals surface area contributed by atoms with Crippen molar-refractivity contribution in [1.29, 1.82) is 0 Å². The second kappa shape index (κ2) is 11.7. The minimum absolute atomic E-state index is 0. The molecule has 240 valence electrons. The van der Waals surface area contributed by atoms with Crippen molar-refractivity contribution in [3.05, 3.63) is 93.0 Å². The molecule has 0 unspecified atom stereocenters. The van der Waals surface area contributed by atoms with Crippen LogP contribution in [0.5, 0.6) is 0 Å². The predicted molar refractivity (Wildman–Crippen MR) is 178 cm³/mol. The molecule has 0 bridgehead atoms. The Morgan fingerprint density at radius 3 is 2.74 bits per heavy atom. The molecule has 10 heteroatoms. The zero-order valence-electron chi connectivity index (χ0n) is 24.9. The highest BCUT2D eigenvalue weighted by Crippen LogP contribution is 2.64. The molecule has 1 amide bonds. The van der Waals surface area contributed by atoms with Gasteiger partial charge in [0.2, 0.25) is 5.91 Å². The van der Waals surface area contributed by atoms with E-state index in [1.54, 1.807) is 31.4 Å². The van der Waals surface area contributed by atoms with E-state index in [1.807, 2.05) is 30.3 Å². The van der Waals surface area contributed by atoms with Crippen LogP contribution < -0.4 is 5.32 Å². The number of anilines is 1. The summed E-state index contributed by atoms with van der Waals surface area (Å²) in [5.74, 6) is -0.289. The summed E-state index contributed by atoms with van der Waals surface area (Å²) in [6.07, 6.45) is 4.02. The van der Waals surface area contributed by atoms with Crippen LogP contribution in [0, 0.1) is 11.7 Å². The smallest absolute Gasteiger partial charge is 0.250 e. The summed E-state index contributed by atoms with van der Waals surface area (Å²) in [6.45, 7) is 1.96. The number of methoxy groups -OCH3 is 1. The van der Waals surface area contributed by atoms with Crippen molar-refractivity contribution in [3.8, 4) is 0 Å². The lowest BCUT2D eigenvalue weighted by Gasteiger charge is -2.40. The third-order valence-corrected chi connectivity index (χ3v) is 10.9. The summed E-state index contributed by atoms with van der Waals surface area (Å²) in [4.78, 5) is 35.1. The second-order valence-electron chi connectivity index (χ2n) is 12.9. The largest absolute Gasteiger partial charge is 0.385 e. The average molecular weight is 664 g/mol. The maximum Gasteiger partial charge on any atom is 0.250 e. The number of hydrogen-bond donors (Lipinski definition) is 1. The first kappa shape index (κ1) is 31.3. The Balaban J connectivity index is 0.00000338. The highest BCUT2D eigenvalue weighted by molar-refractivity contribution is 6.31. The number of fused-ring (bicyclic) bond motifs is 7. The van der Waals surface area contributed by atoms with E-state index in [9.17, 15) is 9.59 Å². The molecule has 1 spiro atoms. The van der Waals surface area contributed by atoms with Gasteiger partial charge in [-0.15, -0.1) is 0 Å². The number of benzene rings is 3. The lowest BCUT2D eigenvalue weighted by molar-refractivity contribution is -0.128. The maximum atomic E-state index is 16.3. The summed E-state index contributed by atoms with van der Waals surface area (Å²) in [5.41, 5.74) is 2.96. The van der Waals surface area contributed by atoms with Gasteiger partial charge in [-0.25, -0.2) is 9.37 Å². The van der Waals surface area contributed by atoms with E-state index in [-0.39, 0.29) is 36.1 Å². The Hall–Kier alpha value is -3.30. The number of Topliss-reactive ketones (excluding diaryl/α,β-unsaturated/α-hetero) is 1. The average Bonchev–Trinajstić information content (AvgIpc) is 3.62.